The van der Waals surface area contributed by atoms with Crippen LogP contribution in [0.2, 0.25) is 0 Å². The summed E-state index contributed by atoms with van der Waals surface area (Å²) in [6.45, 7) is 7.20. The van der Waals surface area contributed by atoms with Crippen molar-refractivity contribution in [2.24, 2.45) is 0 Å². The zero-order valence-corrected chi connectivity index (χ0v) is 17.4. The summed E-state index contributed by atoms with van der Waals surface area (Å²) in [4.78, 5) is 17.4. The standard InChI is InChI=1S/C23H29N3O3/c1-4-6-7-8-16-29-19-13-11-18(12-14-19)25-23(27)21-17(3)24-22-20(28-5-2)10-9-15-26(21)22/h9-15H,4-8,16H2,1-3H3,(H,25,27). The van der Waals surface area contributed by atoms with Crippen molar-refractivity contribution in [1.82, 2.24) is 9.38 Å². The van der Waals surface area contributed by atoms with Gasteiger partial charge in [0.25, 0.3) is 5.91 Å². The van der Waals surface area contributed by atoms with Gasteiger partial charge in [0.1, 0.15) is 11.4 Å². The van der Waals surface area contributed by atoms with Crippen molar-refractivity contribution in [3.63, 3.8) is 0 Å². The van der Waals surface area contributed by atoms with Crippen LogP contribution in [-0.2, 0) is 0 Å². The molecule has 6 nitrogen and oxygen atoms in total. The van der Waals surface area contributed by atoms with Crippen molar-refractivity contribution in [2.75, 3.05) is 18.5 Å². The maximum absolute atomic E-state index is 12.9. The summed E-state index contributed by atoms with van der Waals surface area (Å²) in [7, 11) is 0. The lowest BCUT2D eigenvalue weighted by Crippen LogP contribution is -2.15. The molecule has 0 saturated carbocycles. The number of benzene rings is 1. The second kappa shape index (κ2) is 9.96. The van der Waals surface area contributed by atoms with E-state index in [-0.39, 0.29) is 5.91 Å². The van der Waals surface area contributed by atoms with Gasteiger partial charge < -0.3 is 14.8 Å². The highest BCUT2D eigenvalue weighted by atomic mass is 16.5. The molecule has 1 amide bonds. The van der Waals surface area contributed by atoms with E-state index in [9.17, 15) is 4.79 Å². The van der Waals surface area contributed by atoms with Gasteiger partial charge in [-0.15, -0.1) is 0 Å². The number of pyridine rings is 1. The summed E-state index contributed by atoms with van der Waals surface area (Å²) in [6, 6.07) is 11.2. The number of nitrogens with one attached hydrogen (secondary N) is 1. The first-order chi connectivity index (χ1) is 14.1. The number of carbonyl (C=O) groups excluding carboxylic acids is 1. The van der Waals surface area contributed by atoms with E-state index in [0.717, 1.165) is 18.8 Å². The minimum absolute atomic E-state index is 0.211. The van der Waals surface area contributed by atoms with Crippen LogP contribution in [0.15, 0.2) is 42.6 Å². The Kier molecular flexibility index (Phi) is 7.11. The molecule has 154 valence electrons. The first-order valence-electron chi connectivity index (χ1n) is 10.3. The van der Waals surface area contributed by atoms with E-state index in [2.05, 4.69) is 17.2 Å². The highest BCUT2D eigenvalue weighted by Gasteiger charge is 2.19. The average Bonchev–Trinajstić information content (AvgIpc) is 3.06. The van der Waals surface area contributed by atoms with Gasteiger partial charge in [-0.05, 0) is 56.7 Å². The van der Waals surface area contributed by atoms with Crippen molar-refractivity contribution in [1.29, 1.82) is 0 Å². The Hall–Kier alpha value is -3.02. The summed E-state index contributed by atoms with van der Waals surface area (Å²) in [5.74, 6) is 1.27. The molecule has 3 rings (SSSR count). The molecule has 1 aromatic carbocycles. The number of amides is 1. The monoisotopic (exact) mass is 395 g/mol. The molecular weight excluding hydrogens is 366 g/mol. The lowest BCUT2D eigenvalue weighted by molar-refractivity contribution is 0.102. The van der Waals surface area contributed by atoms with E-state index in [1.807, 2.05) is 56.4 Å². The summed E-state index contributed by atoms with van der Waals surface area (Å²) in [6.07, 6.45) is 6.52. The van der Waals surface area contributed by atoms with E-state index in [1.165, 1.54) is 19.3 Å². The summed E-state index contributed by atoms with van der Waals surface area (Å²) in [5, 5.41) is 2.94. The third-order valence-corrected chi connectivity index (χ3v) is 4.68. The number of ether oxygens (including phenoxy) is 2. The topological polar surface area (TPSA) is 64.9 Å². The van der Waals surface area contributed by atoms with Crippen LogP contribution < -0.4 is 14.8 Å². The van der Waals surface area contributed by atoms with Gasteiger partial charge in [-0.3, -0.25) is 9.20 Å². The first kappa shape index (κ1) is 20.7. The molecule has 0 fully saturated rings. The third-order valence-electron chi connectivity index (χ3n) is 4.68. The van der Waals surface area contributed by atoms with E-state index < -0.39 is 0 Å². The molecule has 0 aliphatic heterocycles. The quantitative estimate of drug-likeness (QED) is 0.476. The summed E-state index contributed by atoms with van der Waals surface area (Å²) < 4.78 is 13.1. The molecule has 0 unspecified atom stereocenters. The fraction of sp³-hybridized carbons (Fsp3) is 0.391. The summed E-state index contributed by atoms with van der Waals surface area (Å²) in [5.41, 5.74) is 2.51. The van der Waals surface area contributed by atoms with Gasteiger partial charge in [0, 0.05) is 11.9 Å². The van der Waals surface area contributed by atoms with Gasteiger partial charge in [0.05, 0.1) is 18.9 Å². The van der Waals surface area contributed by atoms with Crippen LogP contribution in [0.5, 0.6) is 11.5 Å². The molecule has 0 radical (unpaired) electrons. The molecule has 2 aromatic heterocycles. The van der Waals surface area contributed by atoms with E-state index in [1.54, 1.807) is 4.40 Å². The number of aromatic nitrogens is 2. The van der Waals surface area contributed by atoms with E-state index in [4.69, 9.17) is 9.47 Å². The number of hydrogen-bond acceptors (Lipinski definition) is 4. The molecule has 0 saturated heterocycles. The maximum Gasteiger partial charge on any atom is 0.274 e. The minimum Gasteiger partial charge on any atom is -0.494 e. The molecule has 0 bridgehead atoms. The Morgan fingerprint density at radius 2 is 1.86 bits per heavy atom. The van der Waals surface area contributed by atoms with E-state index in [0.29, 0.717) is 35.1 Å². The zero-order chi connectivity index (χ0) is 20.6. The fourth-order valence-corrected chi connectivity index (χ4v) is 3.24. The Morgan fingerprint density at radius 3 is 2.59 bits per heavy atom. The highest BCUT2D eigenvalue weighted by molar-refractivity contribution is 6.04. The number of anilines is 1. The molecule has 6 heteroatoms. The molecule has 0 atom stereocenters. The minimum atomic E-state index is -0.211. The Morgan fingerprint density at radius 1 is 1.07 bits per heavy atom. The number of unbranched alkanes of at least 4 members (excludes halogenated alkanes) is 3. The lowest BCUT2D eigenvalue weighted by Gasteiger charge is -2.09. The van der Waals surface area contributed by atoms with Crippen LogP contribution in [-0.4, -0.2) is 28.5 Å². The van der Waals surface area contributed by atoms with Crippen LogP contribution in [0.4, 0.5) is 5.69 Å². The highest BCUT2D eigenvalue weighted by Crippen LogP contribution is 2.23. The Bertz CT molecular complexity index is 948. The fourth-order valence-electron chi connectivity index (χ4n) is 3.24. The predicted octanol–water partition coefficient (Wildman–Crippen LogP) is 5.25. The van der Waals surface area contributed by atoms with Crippen molar-refractivity contribution in [2.45, 2.75) is 46.5 Å². The van der Waals surface area contributed by atoms with Crippen LogP contribution in [0.25, 0.3) is 5.65 Å². The number of fused-ring (bicyclic) bond motifs is 1. The van der Waals surface area contributed by atoms with Crippen LogP contribution in [0.3, 0.4) is 0 Å². The summed E-state index contributed by atoms with van der Waals surface area (Å²) >= 11 is 0. The molecule has 0 aliphatic carbocycles. The number of carbonyl (C=O) groups is 1. The van der Waals surface area contributed by atoms with Crippen molar-refractivity contribution < 1.29 is 14.3 Å². The van der Waals surface area contributed by atoms with Crippen LogP contribution >= 0.6 is 0 Å². The Labute approximate surface area is 171 Å². The molecule has 29 heavy (non-hydrogen) atoms. The van der Waals surface area contributed by atoms with Gasteiger partial charge >= 0.3 is 0 Å². The van der Waals surface area contributed by atoms with Crippen molar-refractivity contribution in [3.8, 4) is 11.5 Å². The zero-order valence-electron chi connectivity index (χ0n) is 17.4. The van der Waals surface area contributed by atoms with Crippen LogP contribution in [0, 0.1) is 6.92 Å². The molecule has 3 aromatic rings. The van der Waals surface area contributed by atoms with Crippen molar-refractivity contribution >= 4 is 17.2 Å². The number of aryl methyl sites for hydroxylation is 1. The van der Waals surface area contributed by atoms with Crippen molar-refractivity contribution in [3.05, 3.63) is 54.0 Å². The molecule has 0 spiro atoms. The van der Waals surface area contributed by atoms with Gasteiger partial charge in [0.2, 0.25) is 0 Å². The molecule has 2 heterocycles. The average molecular weight is 396 g/mol. The van der Waals surface area contributed by atoms with Crippen LogP contribution in [0.1, 0.15) is 55.7 Å². The second-order valence-electron chi connectivity index (χ2n) is 6.93. The largest absolute Gasteiger partial charge is 0.494 e. The third kappa shape index (κ3) is 5.08. The molecular formula is C23H29N3O3. The van der Waals surface area contributed by atoms with Gasteiger partial charge in [-0.25, -0.2) is 4.98 Å². The predicted molar refractivity (Wildman–Crippen MR) is 115 cm³/mol. The number of imidazole rings is 1. The first-order valence-corrected chi connectivity index (χ1v) is 10.3. The van der Waals surface area contributed by atoms with Gasteiger partial charge in [-0.1, -0.05) is 26.2 Å². The van der Waals surface area contributed by atoms with Gasteiger partial charge in [0.15, 0.2) is 11.4 Å². The Balaban J connectivity index is 1.67. The smallest absolute Gasteiger partial charge is 0.274 e. The number of rotatable bonds is 10. The molecule has 0 aliphatic rings. The number of hydrogen-bond donors (Lipinski definition) is 1. The second-order valence-corrected chi connectivity index (χ2v) is 6.93. The normalized spacial score (nSPS) is 10.9. The number of nitrogens with zero attached hydrogens (tertiary/aromatic N) is 2. The SMILES string of the molecule is CCCCCCOc1ccc(NC(=O)c2c(C)nc3c(OCC)cccn23)cc1. The van der Waals surface area contributed by atoms with Gasteiger partial charge in [-0.2, -0.15) is 0 Å². The lowest BCUT2D eigenvalue weighted by atomic mass is 10.2. The molecule has 1 N–H and O–H groups in total. The van der Waals surface area contributed by atoms with E-state index >= 15 is 0 Å². The maximum atomic E-state index is 12.9.